The summed E-state index contributed by atoms with van der Waals surface area (Å²) < 4.78 is 5.19. The summed E-state index contributed by atoms with van der Waals surface area (Å²) >= 11 is 0. The molecule has 6 heteroatoms. The van der Waals surface area contributed by atoms with Crippen molar-refractivity contribution in [1.29, 1.82) is 0 Å². The van der Waals surface area contributed by atoms with E-state index in [0.29, 0.717) is 6.42 Å². The van der Waals surface area contributed by atoms with Crippen LogP contribution in [0.1, 0.15) is 23.7 Å². The van der Waals surface area contributed by atoms with Gasteiger partial charge in [-0.15, -0.1) is 0 Å². The van der Waals surface area contributed by atoms with Crippen LogP contribution < -0.4 is 5.32 Å². The third-order valence-electron chi connectivity index (χ3n) is 3.93. The summed E-state index contributed by atoms with van der Waals surface area (Å²) in [5.74, 6) is -1.03. The molecule has 1 heterocycles. The third-order valence-corrected chi connectivity index (χ3v) is 3.93. The van der Waals surface area contributed by atoms with Gasteiger partial charge in [0, 0.05) is 6.08 Å². The lowest BCUT2D eigenvalue weighted by Gasteiger charge is -2.30. The molecule has 0 bridgehead atoms. The van der Waals surface area contributed by atoms with Crippen LogP contribution in [0.15, 0.2) is 36.0 Å². The molecule has 1 saturated heterocycles. The highest BCUT2D eigenvalue weighted by Crippen LogP contribution is 2.43. The van der Waals surface area contributed by atoms with Crippen LogP contribution in [0, 0.1) is 0 Å². The largest absolute Gasteiger partial charge is 0.507 e. The second kappa shape index (κ2) is 4.68. The minimum absolute atomic E-state index is 0.0724. The highest BCUT2D eigenvalue weighted by atomic mass is 16.6. The molecular formula is C15H15NO5. The summed E-state index contributed by atoms with van der Waals surface area (Å²) in [6, 6.07) is 6.06. The highest BCUT2D eigenvalue weighted by Gasteiger charge is 2.61. The van der Waals surface area contributed by atoms with Crippen LogP contribution in [0.3, 0.4) is 0 Å². The molecule has 1 aliphatic carbocycles. The summed E-state index contributed by atoms with van der Waals surface area (Å²) in [4.78, 5) is 23.9. The number of fused-ring (bicyclic) bond motifs is 1. The van der Waals surface area contributed by atoms with E-state index >= 15 is 0 Å². The van der Waals surface area contributed by atoms with Crippen LogP contribution in [0.5, 0.6) is 5.75 Å². The number of ether oxygens (including phenoxy) is 1. The Bertz CT molecular complexity index is 653. The van der Waals surface area contributed by atoms with Crippen LogP contribution in [-0.4, -0.2) is 39.7 Å². The van der Waals surface area contributed by atoms with E-state index in [1.165, 1.54) is 18.2 Å². The van der Waals surface area contributed by atoms with Crippen LogP contribution in [0.4, 0.5) is 0 Å². The standard InChI is InChI=1S/C15H15NO5/c1-2-15(20)11(7-10(18)12-13(15)21-12)16-14(19)8-5-3-4-6-9(8)17/h3-7,12-13,17,20H,2H2,1H3,(H,16,19)/t12-,13-,15+/m1/s1. The van der Waals surface area contributed by atoms with Gasteiger partial charge in [0.05, 0.1) is 11.3 Å². The molecule has 21 heavy (non-hydrogen) atoms. The number of phenolic OH excluding ortho intramolecular Hbond substituents is 1. The normalized spacial score (nSPS) is 30.4. The molecule has 2 aliphatic rings. The highest BCUT2D eigenvalue weighted by molar-refractivity contribution is 6.02. The molecule has 0 saturated carbocycles. The minimum Gasteiger partial charge on any atom is -0.507 e. The van der Waals surface area contributed by atoms with Crippen molar-refractivity contribution < 1.29 is 24.5 Å². The third kappa shape index (κ3) is 2.12. The monoisotopic (exact) mass is 289 g/mol. The number of hydrogen-bond acceptors (Lipinski definition) is 5. The lowest BCUT2D eigenvalue weighted by Crippen LogP contribution is -2.48. The van der Waals surface area contributed by atoms with E-state index < -0.39 is 23.7 Å². The first-order valence-electron chi connectivity index (χ1n) is 6.70. The number of nitrogens with one attached hydrogen (secondary N) is 1. The molecule has 0 aromatic heterocycles. The van der Waals surface area contributed by atoms with Crippen LogP contribution >= 0.6 is 0 Å². The Hall–Kier alpha value is -2.18. The number of aromatic hydroxyl groups is 1. The van der Waals surface area contributed by atoms with E-state index in [1.54, 1.807) is 19.1 Å². The number of carbonyl (C=O) groups is 2. The lowest BCUT2D eigenvalue weighted by atomic mass is 9.84. The lowest BCUT2D eigenvalue weighted by molar-refractivity contribution is -0.116. The van der Waals surface area contributed by atoms with Crippen molar-refractivity contribution in [2.45, 2.75) is 31.2 Å². The number of aliphatic hydroxyl groups is 1. The molecule has 3 atom stereocenters. The van der Waals surface area contributed by atoms with Gasteiger partial charge in [-0.05, 0) is 18.6 Å². The van der Waals surface area contributed by atoms with Crippen molar-refractivity contribution in [3.63, 3.8) is 0 Å². The van der Waals surface area contributed by atoms with Crippen molar-refractivity contribution in [2.75, 3.05) is 0 Å². The molecule has 0 spiro atoms. The number of hydrogen-bond donors (Lipinski definition) is 3. The fourth-order valence-corrected chi connectivity index (χ4v) is 2.59. The van der Waals surface area contributed by atoms with E-state index in [-0.39, 0.29) is 22.8 Å². The molecule has 0 unspecified atom stereocenters. The maximum atomic E-state index is 12.2. The number of benzene rings is 1. The number of para-hydroxylation sites is 1. The molecule has 6 nitrogen and oxygen atoms in total. The van der Waals surface area contributed by atoms with Gasteiger partial charge in [0.25, 0.3) is 5.91 Å². The topological polar surface area (TPSA) is 99.2 Å². The van der Waals surface area contributed by atoms with Gasteiger partial charge < -0.3 is 20.3 Å². The maximum Gasteiger partial charge on any atom is 0.259 e. The van der Waals surface area contributed by atoms with E-state index in [1.807, 2.05) is 0 Å². The van der Waals surface area contributed by atoms with Gasteiger partial charge in [-0.1, -0.05) is 19.1 Å². The first-order valence-corrected chi connectivity index (χ1v) is 6.70. The Labute approximate surface area is 121 Å². The molecular weight excluding hydrogens is 274 g/mol. The molecule has 1 aliphatic heterocycles. The first kappa shape index (κ1) is 13.8. The van der Waals surface area contributed by atoms with Crippen molar-refractivity contribution in [2.24, 2.45) is 0 Å². The van der Waals surface area contributed by atoms with Crippen LogP contribution in [-0.2, 0) is 9.53 Å². The van der Waals surface area contributed by atoms with Gasteiger partial charge in [0.2, 0.25) is 0 Å². The number of phenols is 1. The summed E-state index contributed by atoms with van der Waals surface area (Å²) in [7, 11) is 0. The molecule has 3 N–H and O–H groups in total. The Balaban J connectivity index is 1.88. The fraction of sp³-hybridized carbons (Fsp3) is 0.333. The van der Waals surface area contributed by atoms with Crippen molar-refractivity contribution in [3.05, 3.63) is 41.6 Å². The quantitative estimate of drug-likeness (QED) is 0.704. The molecule has 1 fully saturated rings. The molecule has 1 amide bonds. The predicted molar refractivity (Wildman–Crippen MR) is 72.6 cm³/mol. The Morgan fingerprint density at radius 2 is 2.14 bits per heavy atom. The summed E-state index contributed by atoms with van der Waals surface area (Å²) in [6.07, 6.45) is 0.282. The zero-order valence-electron chi connectivity index (χ0n) is 11.4. The first-order chi connectivity index (χ1) is 9.97. The molecule has 110 valence electrons. The van der Waals surface area contributed by atoms with Gasteiger partial charge in [0.1, 0.15) is 23.6 Å². The van der Waals surface area contributed by atoms with Gasteiger partial charge in [-0.3, -0.25) is 9.59 Å². The average Bonchev–Trinajstić information content (AvgIpc) is 3.26. The average molecular weight is 289 g/mol. The number of epoxide rings is 1. The van der Waals surface area contributed by atoms with Gasteiger partial charge in [-0.25, -0.2) is 0 Å². The number of rotatable bonds is 3. The Kier molecular flexibility index (Phi) is 3.07. The summed E-state index contributed by atoms with van der Waals surface area (Å²) in [6.45, 7) is 1.74. The van der Waals surface area contributed by atoms with Crippen molar-refractivity contribution in [1.82, 2.24) is 5.32 Å². The molecule has 3 rings (SSSR count). The zero-order chi connectivity index (χ0) is 15.2. The van der Waals surface area contributed by atoms with Gasteiger partial charge >= 0.3 is 0 Å². The zero-order valence-corrected chi connectivity index (χ0v) is 11.4. The van der Waals surface area contributed by atoms with E-state index in [9.17, 15) is 19.8 Å². The van der Waals surface area contributed by atoms with Crippen LogP contribution in [0.2, 0.25) is 0 Å². The molecule has 1 aromatic carbocycles. The van der Waals surface area contributed by atoms with E-state index in [0.717, 1.165) is 0 Å². The SMILES string of the molecule is CC[C@]1(O)C(NC(=O)c2ccccc2O)=CC(=O)[C@H]2O[C@H]21. The summed E-state index contributed by atoms with van der Waals surface area (Å²) in [5, 5.41) is 22.8. The number of ketones is 1. The van der Waals surface area contributed by atoms with Crippen molar-refractivity contribution >= 4 is 11.7 Å². The number of carbonyl (C=O) groups excluding carboxylic acids is 2. The Morgan fingerprint density at radius 1 is 1.43 bits per heavy atom. The molecule has 0 radical (unpaired) electrons. The number of amides is 1. The second-order valence-electron chi connectivity index (χ2n) is 5.19. The van der Waals surface area contributed by atoms with Crippen LogP contribution in [0.25, 0.3) is 0 Å². The van der Waals surface area contributed by atoms with Gasteiger partial charge in [-0.2, -0.15) is 0 Å². The minimum atomic E-state index is -1.39. The maximum absolute atomic E-state index is 12.2. The summed E-state index contributed by atoms with van der Waals surface area (Å²) in [5.41, 5.74) is -1.20. The fourth-order valence-electron chi connectivity index (χ4n) is 2.59. The van der Waals surface area contributed by atoms with E-state index in [4.69, 9.17) is 4.74 Å². The predicted octanol–water partition coefficient (Wildman–Crippen LogP) is 0.497. The molecule has 1 aromatic rings. The smallest absolute Gasteiger partial charge is 0.259 e. The van der Waals surface area contributed by atoms with Crippen molar-refractivity contribution in [3.8, 4) is 5.75 Å². The second-order valence-corrected chi connectivity index (χ2v) is 5.19. The Morgan fingerprint density at radius 3 is 2.81 bits per heavy atom. The van der Waals surface area contributed by atoms with E-state index in [2.05, 4.69) is 5.32 Å². The van der Waals surface area contributed by atoms with Gasteiger partial charge in [0.15, 0.2) is 5.78 Å².